The van der Waals surface area contributed by atoms with Crippen LogP contribution in [0.2, 0.25) is 0 Å². The first-order valence-electron chi connectivity index (χ1n) is 14.9. The molecule has 2 aliphatic rings. The number of nitro groups is 1. The maximum absolute atomic E-state index is 13.5. The van der Waals surface area contributed by atoms with Gasteiger partial charge >= 0.3 is 0 Å². The largest absolute Gasteiger partial charge is 0.476 e. The average Bonchev–Trinajstić information content (AvgIpc) is 3.41. The van der Waals surface area contributed by atoms with Crippen LogP contribution >= 0.6 is 0 Å². The number of rotatable bonds is 9. The summed E-state index contributed by atoms with van der Waals surface area (Å²) in [5.74, 6) is -0.476. The minimum absolute atomic E-state index is 0.0572. The summed E-state index contributed by atoms with van der Waals surface area (Å²) in [6.07, 6.45) is 4.05. The van der Waals surface area contributed by atoms with Crippen molar-refractivity contribution < 1.29 is 32.4 Å². The Morgan fingerprint density at radius 2 is 1.96 bits per heavy atom. The van der Waals surface area contributed by atoms with E-state index in [1.165, 1.54) is 18.2 Å². The molecule has 0 radical (unpaired) electrons. The van der Waals surface area contributed by atoms with Crippen molar-refractivity contribution in [1.29, 1.82) is 0 Å². The molecule has 1 amide bonds. The monoisotopic (exact) mass is 652 g/mol. The minimum atomic E-state index is -4.52. The molecule has 1 aliphatic carbocycles. The first-order valence-corrected chi connectivity index (χ1v) is 16.4. The second-order valence-electron chi connectivity index (χ2n) is 11.7. The van der Waals surface area contributed by atoms with Crippen LogP contribution in [0.1, 0.15) is 42.5 Å². The van der Waals surface area contributed by atoms with Gasteiger partial charge in [0, 0.05) is 30.7 Å². The van der Waals surface area contributed by atoms with Gasteiger partial charge in [0.15, 0.2) is 0 Å². The third kappa shape index (κ3) is 6.33. The number of halogens is 1. The van der Waals surface area contributed by atoms with Crippen molar-refractivity contribution in [1.82, 2.24) is 14.7 Å². The SMILES string of the molecule is O=C(NS(=O)(=O)c1ccc(NCC2CCC(O)(CF)CC2)c([N+](=O)[O-])c1)c1ccccc1N1CCCOc2nc3[nH]ccc3cc21. The molecule has 0 bridgehead atoms. The Labute approximate surface area is 264 Å². The number of carbonyl (C=O) groups is 1. The molecule has 3 heterocycles. The predicted molar refractivity (Wildman–Crippen MR) is 169 cm³/mol. The lowest BCUT2D eigenvalue weighted by molar-refractivity contribution is -0.384. The van der Waals surface area contributed by atoms with E-state index in [2.05, 4.69) is 20.0 Å². The average molecular weight is 653 g/mol. The van der Waals surface area contributed by atoms with Crippen molar-refractivity contribution in [2.75, 3.05) is 36.6 Å². The van der Waals surface area contributed by atoms with E-state index >= 15 is 0 Å². The maximum atomic E-state index is 13.5. The molecule has 2 aromatic carbocycles. The summed E-state index contributed by atoms with van der Waals surface area (Å²) < 4.78 is 47.8. The van der Waals surface area contributed by atoms with Crippen LogP contribution in [-0.2, 0) is 10.0 Å². The number of aliphatic hydroxyl groups is 1. The number of hydrogen-bond acceptors (Lipinski definition) is 10. The van der Waals surface area contributed by atoms with Crippen LogP contribution in [0.4, 0.5) is 27.1 Å². The van der Waals surface area contributed by atoms with Gasteiger partial charge in [0.05, 0.1) is 33.3 Å². The Balaban J connectivity index is 1.22. The summed E-state index contributed by atoms with van der Waals surface area (Å²) in [7, 11) is -4.52. The number of pyridine rings is 1. The van der Waals surface area contributed by atoms with Crippen LogP contribution in [0, 0.1) is 16.0 Å². The maximum Gasteiger partial charge on any atom is 0.293 e. The fraction of sp³-hybridized carbons (Fsp3) is 0.355. The fourth-order valence-electron chi connectivity index (χ4n) is 5.94. The van der Waals surface area contributed by atoms with E-state index in [4.69, 9.17) is 4.74 Å². The van der Waals surface area contributed by atoms with Gasteiger partial charge in [0.25, 0.3) is 21.6 Å². The standard InChI is InChI=1S/C31H33FN6O7S/c32-19-31(40)11-8-20(9-12-31)18-34-24-7-6-22(17-26(24)38(41)42)46(43,44)36-29(39)23-4-1-2-5-25(23)37-14-3-15-45-30-27(37)16-21-10-13-33-28(21)35-30/h1-2,4-7,10,13,16-17,20,34,40H,3,8-9,11-12,14-15,18-19H2,(H,33,35)(H,36,39). The van der Waals surface area contributed by atoms with Gasteiger partial charge in [-0.1, -0.05) is 12.1 Å². The van der Waals surface area contributed by atoms with E-state index in [0.29, 0.717) is 74.7 Å². The molecule has 13 nitrogen and oxygen atoms in total. The summed E-state index contributed by atoms with van der Waals surface area (Å²) in [5, 5.41) is 25.9. The Morgan fingerprint density at radius 1 is 1.17 bits per heavy atom. The van der Waals surface area contributed by atoms with Gasteiger partial charge < -0.3 is 25.0 Å². The molecule has 0 spiro atoms. The van der Waals surface area contributed by atoms with Crippen LogP contribution in [0.3, 0.4) is 0 Å². The molecule has 6 rings (SSSR count). The zero-order chi connectivity index (χ0) is 32.5. The van der Waals surface area contributed by atoms with Crippen LogP contribution in [0.5, 0.6) is 5.88 Å². The highest BCUT2D eigenvalue weighted by Crippen LogP contribution is 2.39. The lowest BCUT2D eigenvalue weighted by Gasteiger charge is -2.34. The molecule has 1 fully saturated rings. The summed E-state index contributed by atoms with van der Waals surface area (Å²) >= 11 is 0. The summed E-state index contributed by atoms with van der Waals surface area (Å²) in [6.45, 7) is 0.392. The second kappa shape index (κ2) is 12.6. The van der Waals surface area contributed by atoms with Gasteiger partial charge in [-0.05, 0) is 74.4 Å². The number of amides is 1. The third-order valence-corrected chi connectivity index (χ3v) is 9.87. The summed E-state index contributed by atoms with van der Waals surface area (Å²) in [5.41, 5.74) is 0.105. The molecule has 1 aliphatic heterocycles. The highest BCUT2D eigenvalue weighted by molar-refractivity contribution is 7.90. The number of nitrogens with zero attached hydrogens (tertiary/aromatic N) is 3. The first-order chi connectivity index (χ1) is 22.1. The quantitative estimate of drug-likeness (QED) is 0.145. The zero-order valence-electron chi connectivity index (χ0n) is 24.7. The Morgan fingerprint density at radius 3 is 2.72 bits per heavy atom. The van der Waals surface area contributed by atoms with E-state index in [1.54, 1.807) is 24.4 Å². The number of benzene rings is 2. The van der Waals surface area contributed by atoms with Crippen molar-refractivity contribution >= 4 is 49.7 Å². The van der Waals surface area contributed by atoms with Gasteiger partial charge in [-0.15, -0.1) is 0 Å². The lowest BCUT2D eigenvalue weighted by atomic mass is 9.79. The molecule has 4 N–H and O–H groups in total. The number of sulfonamides is 1. The Hall–Kier alpha value is -4.76. The van der Waals surface area contributed by atoms with Crippen molar-refractivity contribution in [2.24, 2.45) is 5.92 Å². The molecule has 1 saturated carbocycles. The molecule has 46 heavy (non-hydrogen) atoms. The van der Waals surface area contributed by atoms with Crippen molar-refractivity contribution in [2.45, 2.75) is 42.6 Å². The van der Waals surface area contributed by atoms with E-state index < -0.39 is 43.7 Å². The number of H-pyrrole nitrogens is 1. The van der Waals surface area contributed by atoms with E-state index in [9.17, 15) is 32.8 Å². The Kier molecular flexibility index (Phi) is 8.53. The molecule has 4 aromatic rings. The number of aromatic nitrogens is 2. The van der Waals surface area contributed by atoms with Gasteiger partial charge in [-0.3, -0.25) is 14.9 Å². The number of fused-ring (bicyclic) bond motifs is 2. The van der Waals surface area contributed by atoms with Crippen molar-refractivity contribution in [3.05, 3.63) is 76.5 Å². The highest BCUT2D eigenvalue weighted by atomic mass is 32.2. The summed E-state index contributed by atoms with van der Waals surface area (Å²) in [4.78, 5) is 33.8. The van der Waals surface area contributed by atoms with E-state index in [0.717, 1.165) is 11.5 Å². The number of anilines is 3. The highest BCUT2D eigenvalue weighted by Gasteiger charge is 2.33. The first kappa shape index (κ1) is 31.2. The normalized spacial score (nSPS) is 20.0. The summed E-state index contributed by atoms with van der Waals surface area (Å²) in [6, 6.07) is 13.7. The van der Waals surface area contributed by atoms with Gasteiger partial charge in [-0.25, -0.2) is 17.5 Å². The van der Waals surface area contributed by atoms with Gasteiger partial charge in [-0.2, -0.15) is 4.98 Å². The topological polar surface area (TPSA) is 180 Å². The number of carbonyl (C=O) groups excluding carboxylic acids is 1. The molecule has 0 saturated heterocycles. The number of nitrogens with one attached hydrogen (secondary N) is 3. The molecule has 2 aromatic heterocycles. The van der Waals surface area contributed by atoms with Crippen LogP contribution in [0.25, 0.3) is 11.0 Å². The minimum Gasteiger partial charge on any atom is -0.476 e. The third-order valence-electron chi connectivity index (χ3n) is 8.55. The van der Waals surface area contributed by atoms with Crippen LogP contribution < -0.4 is 19.7 Å². The lowest BCUT2D eigenvalue weighted by Crippen LogP contribution is -2.37. The van der Waals surface area contributed by atoms with E-state index in [1.807, 2.05) is 17.0 Å². The van der Waals surface area contributed by atoms with Crippen LogP contribution in [-0.4, -0.2) is 66.3 Å². The predicted octanol–water partition coefficient (Wildman–Crippen LogP) is 4.81. The molecule has 0 atom stereocenters. The number of alkyl halides is 1. The zero-order valence-corrected chi connectivity index (χ0v) is 25.6. The van der Waals surface area contributed by atoms with Crippen molar-refractivity contribution in [3.8, 4) is 5.88 Å². The van der Waals surface area contributed by atoms with Gasteiger partial charge in [0.1, 0.15) is 23.7 Å². The second-order valence-corrected chi connectivity index (χ2v) is 13.3. The smallest absolute Gasteiger partial charge is 0.293 e. The van der Waals surface area contributed by atoms with Crippen molar-refractivity contribution in [3.63, 3.8) is 0 Å². The molecule has 15 heteroatoms. The van der Waals surface area contributed by atoms with E-state index in [-0.39, 0.29) is 17.2 Å². The number of ether oxygens (including phenoxy) is 1. The number of hydrogen-bond donors (Lipinski definition) is 4. The molecular weight excluding hydrogens is 619 g/mol. The van der Waals surface area contributed by atoms with Gasteiger partial charge in [0.2, 0.25) is 5.88 Å². The molecular formula is C31H33FN6O7S. The fourth-order valence-corrected chi connectivity index (χ4v) is 6.92. The number of aromatic amines is 1. The number of para-hydroxylation sites is 1. The molecule has 0 unspecified atom stereocenters. The molecule has 242 valence electrons. The number of nitro benzene ring substituents is 1. The Bertz CT molecular complexity index is 1890. The van der Waals surface area contributed by atoms with Crippen LogP contribution in [0.15, 0.2) is 65.7 Å².